The molecule has 1 aliphatic heterocycles. The average Bonchev–Trinajstić information content (AvgIpc) is 3.57. The molecule has 0 bridgehead atoms. The Bertz CT molecular complexity index is 2220. The summed E-state index contributed by atoms with van der Waals surface area (Å²) in [5.41, 5.74) is 6.73. The number of imidazole rings is 1. The van der Waals surface area contributed by atoms with Crippen LogP contribution in [0.15, 0.2) is 139 Å². The quantitative estimate of drug-likeness (QED) is 0.130. The third-order valence-corrected chi connectivity index (χ3v) is 10.7. The third-order valence-electron chi connectivity index (χ3n) is 9.22. The predicted octanol–water partition coefficient (Wildman–Crippen LogP) is 6.61. The van der Waals surface area contributed by atoms with E-state index in [1.165, 1.54) is 12.1 Å². The summed E-state index contributed by atoms with van der Waals surface area (Å²) < 4.78 is 44.5. The highest BCUT2D eigenvalue weighted by molar-refractivity contribution is 7.89. The summed E-state index contributed by atoms with van der Waals surface area (Å²) in [5.74, 6) is -0.489. The minimum atomic E-state index is -3.99. The van der Waals surface area contributed by atoms with Crippen molar-refractivity contribution in [3.05, 3.63) is 162 Å². The first-order chi connectivity index (χ1) is 25.2. The molecule has 5 aromatic carbocycles. The van der Waals surface area contributed by atoms with Gasteiger partial charge in [-0.3, -0.25) is 4.79 Å². The van der Waals surface area contributed by atoms with Crippen molar-refractivity contribution >= 4 is 32.7 Å². The zero-order valence-electron chi connectivity index (χ0n) is 28.6. The van der Waals surface area contributed by atoms with Crippen molar-refractivity contribution in [3.8, 4) is 0 Å². The largest absolute Gasteiger partial charge is 0.392 e. The smallest absolute Gasteiger partial charge is 0.242 e. The summed E-state index contributed by atoms with van der Waals surface area (Å²) in [4.78, 5) is 18.3. The number of nitrogens with one attached hydrogen (secondary N) is 2. The zero-order chi connectivity index (χ0) is 36.1. The second-order valence-electron chi connectivity index (χ2n) is 13.0. The van der Waals surface area contributed by atoms with Gasteiger partial charge in [-0.05, 0) is 66.4 Å². The fourth-order valence-electron chi connectivity index (χ4n) is 6.37. The number of nitrogens with zero attached hydrogens (tertiary/aromatic N) is 2. The number of carbonyl (C=O) groups is 1. The maximum Gasteiger partial charge on any atom is 0.242 e. The van der Waals surface area contributed by atoms with E-state index in [2.05, 4.69) is 19.6 Å². The maximum atomic E-state index is 13.7. The lowest BCUT2D eigenvalue weighted by Crippen LogP contribution is -2.45. The first kappa shape index (κ1) is 35.2. The first-order valence-corrected chi connectivity index (χ1v) is 18.7. The number of anilines is 1. The Morgan fingerprint density at radius 2 is 1.54 bits per heavy atom. The minimum Gasteiger partial charge on any atom is -0.392 e. The summed E-state index contributed by atoms with van der Waals surface area (Å²) in [6.45, 7) is 2.41. The second-order valence-corrected chi connectivity index (χ2v) is 14.7. The molecule has 0 saturated carbocycles. The fourth-order valence-corrected chi connectivity index (χ4v) is 7.57. The number of sulfonamides is 1. The van der Waals surface area contributed by atoms with Crippen LogP contribution in [0.3, 0.4) is 0 Å². The number of aliphatic hydroxyl groups is 1. The van der Waals surface area contributed by atoms with Crippen molar-refractivity contribution in [2.75, 3.05) is 5.32 Å². The van der Waals surface area contributed by atoms with Gasteiger partial charge in [0.1, 0.15) is 6.04 Å². The van der Waals surface area contributed by atoms with E-state index in [4.69, 9.17) is 9.47 Å². The SMILES string of the molecule is Cc1ccc(S(=O)(=O)N[C@H](Cc2ccccc2)C(=O)Nc2ccc([C@@H]3O[C@H](Cn4cnc5ccccc54)C[C@H](c4ccc(CO)cc4)O3)cc2)cc1. The minimum absolute atomic E-state index is 0.0393. The summed E-state index contributed by atoms with van der Waals surface area (Å²) >= 11 is 0. The lowest BCUT2D eigenvalue weighted by Gasteiger charge is -2.36. The zero-order valence-corrected chi connectivity index (χ0v) is 29.4. The van der Waals surface area contributed by atoms with Gasteiger partial charge in [0.05, 0.1) is 47.6 Å². The number of hydrogen-bond donors (Lipinski definition) is 3. The highest BCUT2D eigenvalue weighted by Crippen LogP contribution is 2.39. The number of aromatic nitrogens is 2. The molecule has 1 aliphatic rings. The van der Waals surface area contributed by atoms with Crippen molar-refractivity contribution in [2.24, 2.45) is 0 Å². The van der Waals surface area contributed by atoms with Crippen molar-refractivity contribution in [1.82, 2.24) is 14.3 Å². The van der Waals surface area contributed by atoms with Crippen LogP contribution in [0.25, 0.3) is 11.0 Å². The Kier molecular flexibility index (Phi) is 10.6. The summed E-state index contributed by atoms with van der Waals surface area (Å²) in [6, 6.07) is 37.6. The van der Waals surface area contributed by atoms with Crippen LogP contribution in [0.2, 0.25) is 0 Å². The monoisotopic (exact) mass is 716 g/mol. The number of aryl methyl sites for hydroxylation is 1. The van der Waals surface area contributed by atoms with Crippen LogP contribution in [-0.2, 0) is 43.9 Å². The Balaban J connectivity index is 1.09. The van der Waals surface area contributed by atoms with Crippen LogP contribution in [0.5, 0.6) is 0 Å². The molecule has 0 aliphatic carbocycles. The van der Waals surface area contributed by atoms with Gasteiger partial charge >= 0.3 is 0 Å². The lowest BCUT2D eigenvalue weighted by atomic mass is 10.00. The molecule has 11 heteroatoms. The molecule has 0 unspecified atom stereocenters. The van der Waals surface area contributed by atoms with Gasteiger partial charge in [-0.15, -0.1) is 0 Å². The van der Waals surface area contributed by atoms with E-state index in [1.54, 1.807) is 24.3 Å². The summed E-state index contributed by atoms with van der Waals surface area (Å²) in [6.07, 6.45) is 1.41. The van der Waals surface area contributed by atoms with Gasteiger partial charge in [-0.25, -0.2) is 13.4 Å². The molecular weight excluding hydrogens is 677 g/mol. The molecule has 0 radical (unpaired) electrons. The van der Waals surface area contributed by atoms with Crippen LogP contribution in [0.4, 0.5) is 5.69 Å². The van der Waals surface area contributed by atoms with E-state index in [9.17, 15) is 18.3 Å². The molecular formula is C41H40N4O6S. The van der Waals surface area contributed by atoms with Gasteiger partial charge in [0, 0.05) is 17.7 Å². The highest BCUT2D eigenvalue weighted by Gasteiger charge is 2.33. The molecule has 10 nitrogen and oxygen atoms in total. The Labute approximate surface area is 303 Å². The van der Waals surface area contributed by atoms with Gasteiger partial charge in [0.2, 0.25) is 15.9 Å². The maximum absolute atomic E-state index is 13.7. The van der Waals surface area contributed by atoms with Gasteiger partial charge in [0.25, 0.3) is 0 Å². The molecule has 0 spiro atoms. The molecule has 7 rings (SSSR count). The molecule has 1 fully saturated rings. The number of ether oxygens (including phenoxy) is 2. The van der Waals surface area contributed by atoms with Crippen molar-refractivity contribution in [1.29, 1.82) is 0 Å². The number of hydrogen-bond acceptors (Lipinski definition) is 7. The number of rotatable bonds is 12. The van der Waals surface area contributed by atoms with E-state index < -0.39 is 28.3 Å². The topological polar surface area (TPSA) is 132 Å². The van der Waals surface area contributed by atoms with Gasteiger partial charge in [0.15, 0.2) is 6.29 Å². The van der Waals surface area contributed by atoms with E-state index >= 15 is 0 Å². The van der Waals surface area contributed by atoms with Crippen LogP contribution in [0, 0.1) is 6.92 Å². The fraction of sp³-hybridized carbons (Fsp3) is 0.220. The van der Waals surface area contributed by atoms with E-state index in [1.807, 2.05) is 104 Å². The molecule has 1 aromatic heterocycles. The summed E-state index contributed by atoms with van der Waals surface area (Å²) in [7, 11) is -3.99. The van der Waals surface area contributed by atoms with Gasteiger partial charge in [-0.1, -0.05) is 96.6 Å². The molecule has 4 atom stereocenters. The number of aliphatic hydroxyl groups excluding tert-OH is 1. The predicted molar refractivity (Wildman–Crippen MR) is 199 cm³/mol. The Morgan fingerprint density at radius 1 is 0.846 bits per heavy atom. The molecule has 266 valence electrons. The molecule has 1 amide bonds. The molecule has 6 aromatic rings. The van der Waals surface area contributed by atoms with E-state index in [-0.39, 0.29) is 30.1 Å². The van der Waals surface area contributed by atoms with Crippen LogP contribution in [-0.4, -0.2) is 41.1 Å². The molecule has 1 saturated heterocycles. The summed E-state index contributed by atoms with van der Waals surface area (Å²) in [5, 5.41) is 12.5. The first-order valence-electron chi connectivity index (χ1n) is 17.2. The van der Waals surface area contributed by atoms with Crippen molar-refractivity contribution in [2.45, 2.75) is 62.4 Å². The van der Waals surface area contributed by atoms with Gasteiger partial charge in [-0.2, -0.15) is 4.72 Å². The van der Waals surface area contributed by atoms with E-state index in [0.29, 0.717) is 18.7 Å². The molecule has 52 heavy (non-hydrogen) atoms. The molecule has 2 heterocycles. The number of benzene rings is 5. The second kappa shape index (κ2) is 15.6. The Hall–Kier alpha value is -5.17. The number of fused-ring (bicyclic) bond motifs is 1. The van der Waals surface area contributed by atoms with Gasteiger partial charge < -0.3 is 24.5 Å². The number of amides is 1. The molecule has 3 N–H and O–H groups in total. The third kappa shape index (κ3) is 8.31. The van der Waals surface area contributed by atoms with Crippen LogP contribution < -0.4 is 10.0 Å². The average molecular weight is 717 g/mol. The standard InChI is InChI=1S/C41H40N4O6S/c1-28-11-21-35(22-12-28)52(48,49)44-37(23-29-7-3-2-4-8-29)40(47)43-33-19-17-32(18-20-33)41-50-34(25-45-27-42-36-9-5-6-10-38(36)45)24-39(51-41)31-15-13-30(26-46)14-16-31/h2-22,27,34,37,39,41,44,46H,23-26H2,1H3,(H,43,47)/t34-,37+,39+,41+/m0/s1. The van der Waals surface area contributed by atoms with Crippen molar-refractivity contribution < 1.29 is 27.8 Å². The lowest BCUT2D eigenvalue weighted by molar-refractivity contribution is -0.252. The Morgan fingerprint density at radius 3 is 2.27 bits per heavy atom. The van der Waals surface area contributed by atoms with Crippen molar-refractivity contribution in [3.63, 3.8) is 0 Å². The van der Waals surface area contributed by atoms with Crippen LogP contribution >= 0.6 is 0 Å². The number of carbonyl (C=O) groups excluding carboxylic acids is 1. The number of para-hydroxylation sites is 2. The van der Waals surface area contributed by atoms with Crippen LogP contribution in [0.1, 0.15) is 46.6 Å². The normalized spacial score (nSPS) is 18.2. The van der Waals surface area contributed by atoms with E-state index in [0.717, 1.165) is 38.9 Å². The highest BCUT2D eigenvalue weighted by atomic mass is 32.2.